The Hall–Kier alpha value is -0.570. The zero-order valence-electron chi connectivity index (χ0n) is 8.74. The first-order valence-electron chi connectivity index (χ1n) is 5.67. The van der Waals surface area contributed by atoms with Crippen molar-refractivity contribution in [2.75, 3.05) is 0 Å². The van der Waals surface area contributed by atoms with Crippen molar-refractivity contribution in [3.05, 3.63) is 0 Å². The topological polar surface area (TPSA) is 63.3 Å². The van der Waals surface area contributed by atoms with Crippen LogP contribution >= 0.6 is 0 Å². The lowest BCUT2D eigenvalue weighted by Gasteiger charge is -2.21. The second kappa shape index (κ2) is 6.02. The molecular formula is C11H21NO2. The fourth-order valence-electron chi connectivity index (χ4n) is 2.26. The number of carbonyl (C=O) groups is 1. The van der Waals surface area contributed by atoms with Gasteiger partial charge < -0.3 is 10.8 Å². The number of aliphatic carboxylic acids is 1. The van der Waals surface area contributed by atoms with Crippen molar-refractivity contribution >= 4 is 5.97 Å². The van der Waals surface area contributed by atoms with E-state index in [-0.39, 0.29) is 12.5 Å². The first-order valence-corrected chi connectivity index (χ1v) is 5.67. The molecule has 1 atom stereocenters. The second-order valence-corrected chi connectivity index (χ2v) is 4.35. The summed E-state index contributed by atoms with van der Waals surface area (Å²) < 4.78 is 0. The third-order valence-corrected chi connectivity index (χ3v) is 3.20. The summed E-state index contributed by atoms with van der Waals surface area (Å²) in [6, 6.07) is 0.101. The van der Waals surface area contributed by atoms with Gasteiger partial charge in [-0.15, -0.1) is 0 Å². The molecule has 0 aromatic carbocycles. The summed E-state index contributed by atoms with van der Waals surface area (Å²) in [5.74, 6) is -0.161. The van der Waals surface area contributed by atoms with Crippen LogP contribution in [0.4, 0.5) is 0 Å². The smallest absolute Gasteiger partial charge is 0.303 e. The molecule has 0 heterocycles. The Morgan fingerprint density at radius 2 is 1.86 bits per heavy atom. The third kappa shape index (κ3) is 4.09. The van der Waals surface area contributed by atoms with E-state index in [1.807, 2.05) is 0 Å². The second-order valence-electron chi connectivity index (χ2n) is 4.35. The van der Waals surface area contributed by atoms with Crippen LogP contribution in [0.2, 0.25) is 0 Å². The number of nitrogens with two attached hydrogens (primary N) is 1. The molecule has 0 radical (unpaired) electrons. The Bertz CT molecular complexity index is 174. The summed E-state index contributed by atoms with van der Waals surface area (Å²) >= 11 is 0. The zero-order valence-corrected chi connectivity index (χ0v) is 8.74. The van der Waals surface area contributed by atoms with Gasteiger partial charge in [-0.25, -0.2) is 0 Å². The van der Waals surface area contributed by atoms with Crippen LogP contribution < -0.4 is 5.73 Å². The molecule has 0 aromatic heterocycles. The fraction of sp³-hybridized carbons (Fsp3) is 0.909. The maximum Gasteiger partial charge on any atom is 0.303 e. The number of carboxylic acids is 1. The summed E-state index contributed by atoms with van der Waals surface area (Å²) in [7, 11) is 0. The molecule has 0 amide bonds. The summed E-state index contributed by atoms with van der Waals surface area (Å²) in [6.07, 6.45) is 8.43. The minimum atomic E-state index is -0.728. The lowest BCUT2D eigenvalue weighted by atomic mass is 9.90. The number of hydrogen-bond donors (Lipinski definition) is 2. The van der Waals surface area contributed by atoms with Gasteiger partial charge >= 0.3 is 5.97 Å². The van der Waals surface area contributed by atoms with Gasteiger partial charge in [0.25, 0.3) is 0 Å². The highest BCUT2D eigenvalue weighted by Gasteiger charge is 2.19. The Balaban J connectivity index is 2.26. The molecule has 1 unspecified atom stereocenters. The molecular weight excluding hydrogens is 178 g/mol. The molecule has 1 rings (SSSR count). The van der Waals surface area contributed by atoms with Crippen LogP contribution in [-0.4, -0.2) is 17.1 Å². The van der Waals surface area contributed by atoms with Crippen molar-refractivity contribution in [1.82, 2.24) is 0 Å². The maximum atomic E-state index is 10.4. The highest BCUT2D eigenvalue weighted by molar-refractivity contribution is 5.66. The van der Waals surface area contributed by atoms with Gasteiger partial charge in [-0.2, -0.15) is 0 Å². The number of hydrogen-bond acceptors (Lipinski definition) is 2. The average Bonchev–Trinajstić information content (AvgIpc) is 2.42. The van der Waals surface area contributed by atoms with Crippen molar-refractivity contribution in [2.24, 2.45) is 11.7 Å². The predicted molar refractivity (Wildman–Crippen MR) is 56.0 cm³/mol. The van der Waals surface area contributed by atoms with Crippen LogP contribution in [0.15, 0.2) is 0 Å². The van der Waals surface area contributed by atoms with Gasteiger partial charge in [0.1, 0.15) is 0 Å². The molecule has 0 aromatic rings. The van der Waals surface area contributed by atoms with E-state index in [1.54, 1.807) is 0 Å². The van der Waals surface area contributed by atoms with E-state index in [0.29, 0.717) is 12.3 Å². The molecule has 0 bridgehead atoms. The lowest BCUT2D eigenvalue weighted by Crippen LogP contribution is -2.30. The maximum absolute atomic E-state index is 10.4. The lowest BCUT2D eigenvalue weighted by molar-refractivity contribution is -0.137. The van der Waals surface area contributed by atoms with E-state index in [9.17, 15) is 4.79 Å². The summed E-state index contributed by atoms with van der Waals surface area (Å²) in [6.45, 7) is 0. The zero-order chi connectivity index (χ0) is 10.4. The highest BCUT2D eigenvalue weighted by Crippen LogP contribution is 2.26. The van der Waals surface area contributed by atoms with Crippen LogP contribution in [0.5, 0.6) is 0 Å². The Kier molecular flexibility index (Phi) is 4.94. The van der Waals surface area contributed by atoms with Crippen LogP contribution in [0.1, 0.15) is 51.4 Å². The first kappa shape index (κ1) is 11.5. The number of carboxylic acid groups (broad SMARTS) is 1. The molecule has 0 saturated heterocycles. The molecule has 82 valence electrons. The molecule has 1 fully saturated rings. The first-order chi connectivity index (χ1) is 6.70. The van der Waals surface area contributed by atoms with Gasteiger partial charge in [-0.05, 0) is 25.2 Å². The largest absolute Gasteiger partial charge is 0.481 e. The average molecular weight is 199 g/mol. The highest BCUT2D eigenvalue weighted by atomic mass is 16.4. The van der Waals surface area contributed by atoms with Gasteiger partial charge in [0.2, 0.25) is 0 Å². The SMILES string of the molecule is NC(CCC(=O)O)C1CCCCCC1. The van der Waals surface area contributed by atoms with Crippen LogP contribution in [0.3, 0.4) is 0 Å². The predicted octanol–water partition coefficient (Wildman–Crippen LogP) is 2.15. The molecule has 1 aliphatic carbocycles. The minimum absolute atomic E-state index is 0.101. The number of rotatable bonds is 4. The van der Waals surface area contributed by atoms with Gasteiger partial charge in [-0.1, -0.05) is 25.7 Å². The van der Waals surface area contributed by atoms with Crippen molar-refractivity contribution in [2.45, 2.75) is 57.4 Å². The van der Waals surface area contributed by atoms with E-state index in [4.69, 9.17) is 10.8 Å². The van der Waals surface area contributed by atoms with Crippen molar-refractivity contribution < 1.29 is 9.90 Å². The van der Waals surface area contributed by atoms with Crippen LogP contribution in [0, 0.1) is 5.92 Å². The molecule has 3 N–H and O–H groups in total. The van der Waals surface area contributed by atoms with E-state index in [0.717, 1.165) is 0 Å². The molecule has 0 spiro atoms. The summed E-state index contributed by atoms with van der Waals surface area (Å²) in [5, 5.41) is 8.56. The molecule has 14 heavy (non-hydrogen) atoms. The normalized spacial score (nSPS) is 21.5. The molecule has 1 aliphatic rings. The van der Waals surface area contributed by atoms with Crippen molar-refractivity contribution in [3.8, 4) is 0 Å². The third-order valence-electron chi connectivity index (χ3n) is 3.20. The van der Waals surface area contributed by atoms with E-state index < -0.39 is 5.97 Å². The fourth-order valence-corrected chi connectivity index (χ4v) is 2.26. The van der Waals surface area contributed by atoms with E-state index in [2.05, 4.69) is 0 Å². The Labute approximate surface area is 85.7 Å². The molecule has 1 saturated carbocycles. The van der Waals surface area contributed by atoms with Gasteiger partial charge in [-0.3, -0.25) is 4.79 Å². The standard InChI is InChI=1S/C11H21NO2/c12-10(7-8-11(13)14)9-5-3-1-2-4-6-9/h9-10H,1-8,12H2,(H,13,14). The van der Waals surface area contributed by atoms with Gasteiger partial charge in [0.05, 0.1) is 0 Å². The van der Waals surface area contributed by atoms with Crippen molar-refractivity contribution in [3.63, 3.8) is 0 Å². The molecule has 3 heteroatoms. The van der Waals surface area contributed by atoms with Crippen LogP contribution in [-0.2, 0) is 4.79 Å². The van der Waals surface area contributed by atoms with Crippen LogP contribution in [0.25, 0.3) is 0 Å². The minimum Gasteiger partial charge on any atom is -0.481 e. The molecule has 0 aliphatic heterocycles. The Morgan fingerprint density at radius 1 is 1.29 bits per heavy atom. The summed E-state index contributed by atoms with van der Waals surface area (Å²) in [5.41, 5.74) is 6.00. The quantitative estimate of drug-likeness (QED) is 0.682. The van der Waals surface area contributed by atoms with Crippen molar-refractivity contribution in [1.29, 1.82) is 0 Å². The summed E-state index contributed by atoms with van der Waals surface area (Å²) in [4.78, 5) is 10.4. The van der Waals surface area contributed by atoms with E-state index in [1.165, 1.54) is 38.5 Å². The molecule has 3 nitrogen and oxygen atoms in total. The van der Waals surface area contributed by atoms with Gasteiger partial charge in [0, 0.05) is 12.5 Å². The van der Waals surface area contributed by atoms with Gasteiger partial charge in [0.15, 0.2) is 0 Å². The van der Waals surface area contributed by atoms with E-state index >= 15 is 0 Å². The monoisotopic (exact) mass is 199 g/mol. The Morgan fingerprint density at radius 3 is 2.36 bits per heavy atom.